The zero-order valence-electron chi connectivity index (χ0n) is 14.8. The van der Waals surface area contributed by atoms with E-state index in [9.17, 15) is 4.79 Å². The third kappa shape index (κ3) is 2.97. The molecule has 0 saturated carbocycles. The van der Waals surface area contributed by atoms with Crippen molar-refractivity contribution in [2.24, 2.45) is 0 Å². The van der Waals surface area contributed by atoms with E-state index < -0.39 is 6.09 Å². The van der Waals surface area contributed by atoms with Crippen molar-refractivity contribution in [2.45, 2.75) is 6.42 Å². The number of amides is 1. The van der Waals surface area contributed by atoms with Crippen molar-refractivity contribution >= 4 is 55.6 Å². The summed E-state index contributed by atoms with van der Waals surface area (Å²) >= 11 is 1.62. The van der Waals surface area contributed by atoms with Crippen LogP contribution in [0.4, 0.5) is 16.2 Å². The van der Waals surface area contributed by atoms with Gasteiger partial charge in [0.25, 0.3) is 0 Å². The van der Waals surface area contributed by atoms with Crippen LogP contribution in [-0.4, -0.2) is 44.1 Å². The summed E-state index contributed by atoms with van der Waals surface area (Å²) in [7, 11) is 0. The number of hydrogen-bond donors (Lipinski definition) is 3. The Bertz CT molecular complexity index is 1230. The normalized spacial score (nSPS) is 14.4. The molecule has 4 aromatic rings. The largest absolute Gasteiger partial charge is 0.465 e. The van der Waals surface area contributed by atoms with Gasteiger partial charge in [-0.2, -0.15) is 0 Å². The van der Waals surface area contributed by atoms with Crippen molar-refractivity contribution < 1.29 is 9.90 Å². The molecule has 5 rings (SSSR count). The number of aromatic nitrogens is 3. The SMILES string of the molecule is O=C(O)N1CC=C(c2cc3c(Nc4ccc5ncsc5c4)ccnc3[nH]2)CC1. The van der Waals surface area contributed by atoms with Crippen LogP contribution < -0.4 is 5.32 Å². The monoisotopic (exact) mass is 391 g/mol. The molecule has 0 radical (unpaired) electrons. The summed E-state index contributed by atoms with van der Waals surface area (Å²) in [6.07, 6.45) is 3.55. The molecule has 3 aromatic heterocycles. The first kappa shape index (κ1) is 16.8. The van der Waals surface area contributed by atoms with Crippen molar-refractivity contribution in [3.63, 3.8) is 0 Å². The summed E-state index contributed by atoms with van der Waals surface area (Å²) in [5.74, 6) is 0. The van der Waals surface area contributed by atoms with Gasteiger partial charge >= 0.3 is 6.09 Å². The van der Waals surface area contributed by atoms with Gasteiger partial charge in [-0.3, -0.25) is 0 Å². The van der Waals surface area contributed by atoms with Gasteiger partial charge in [-0.05, 0) is 42.3 Å². The smallest absolute Gasteiger partial charge is 0.407 e. The van der Waals surface area contributed by atoms with Crippen LogP contribution in [0.3, 0.4) is 0 Å². The Morgan fingerprint density at radius 2 is 2.18 bits per heavy atom. The molecule has 8 heteroatoms. The van der Waals surface area contributed by atoms with Gasteiger partial charge in [0.2, 0.25) is 0 Å². The summed E-state index contributed by atoms with van der Waals surface area (Å²) in [4.78, 5) is 24.6. The topological polar surface area (TPSA) is 94.1 Å². The van der Waals surface area contributed by atoms with Crippen LogP contribution in [0, 0.1) is 0 Å². The molecule has 0 bridgehead atoms. The number of hydrogen-bond acceptors (Lipinski definition) is 5. The fourth-order valence-corrected chi connectivity index (χ4v) is 4.20. The molecule has 0 aliphatic carbocycles. The van der Waals surface area contributed by atoms with Crippen LogP contribution in [0.1, 0.15) is 12.1 Å². The van der Waals surface area contributed by atoms with Crippen molar-refractivity contribution in [1.29, 1.82) is 0 Å². The molecule has 28 heavy (non-hydrogen) atoms. The van der Waals surface area contributed by atoms with E-state index in [2.05, 4.69) is 32.4 Å². The summed E-state index contributed by atoms with van der Waals surface area (Å²) in [6.45, 7) is 0.914. The molecule has 0 unspecified atom stereocenters. The third-order valence-corrected chi connectivity index (χ3v) is 5.76. The number of aromatic amines is 1. The highest BCUT2D eigenvalue weighted by Gasteiger charge is 2.18. The number of thiazole rings is 1. The molecular formula is C20H17N5O2S. The lowest BCUT2D eigenvalue weighted by atomic mass is 10.1. The lowest BCUT2D eigenvalue weighted by Gasteiger charge is -2.23. The molecule has 0 spiro atoms. The van der Waals surface area contributed by atoms with Crippen LogP contribution in [0.15, 0.2) is 48.1 Å². The molecule has 1 amide bonds. The Morgan fingerprint density at radius 3 is 3.00 bits per heavy atom. The fourth-order valence-electron chi connectivity index (χ4n) is 3.48. The number of nitrogens with one attached hydrogen (secondary N) is 2. The van der Waals surface area contributed by atoms with Gasteiger partial charge in [0.1, 0.15) is 5.65 Å². The van der Waals surface area contributed by atoms with Gasteiger partial charge in [0, 0.05) is 36.1 Å². The van der Waals surface area contributed by atoms with Crippen LogP contribution in [0.25, 0.3) is 26.8 Å². The molecule has 0 saturated heterocycles. The van der Waals surface area contributed by atoms with Gasteiger partial charge in [-0.1, -0.05) is 6.08 Å². The molecule has 1 aliphatic heterocycles. The predicted octanol–water partition coefficient (Wildman–Crippen LogP) is 4.68. The van der Waals surface area contributed by atoms with E-state index >= 15 is 0 Å². The first-order valence-electron chi connectivity index (χ1n) is 8.93. The van der Waals surface area contributed by atoms with Crippen molar-refractivity contribution in [1.82, 2.24) is 19.9 Å². The summed E-state index contributed by atoms with van der Waals surface area (Å²) < 4.78 is 1.14. The first-order valence-corrected chi connectivity index (χ1v) is 9.80. The minimum Gasteiger partial charge on any atom is -0.465 e. The number of benzene rings is 1. The van der Waals surface area contributed by atoms with Gasteiger partial charge in [-0.25, -0.2) is 14.8 Å². The third-order valence-electron chi connectivity index (χ3n) is 4.97. The second kappa shape index (κ2) is 6.65. The lowest BCUT2D eigenvalue weighted by Crippen LogP contribution is -2.33. The second-order valence-corrected chi connectivity index (χ2v) is 7.56. The average Bonchev–Trinajstić information content (AvgIpc) is 3.35. The molecule has 7 nitrogen and oxygen atoms in total. The van der Waals surface area contributed by atoms with Crippen LogP contribution in [0.2, 0.25) is 0 Å². The van der Waals surface area contributed by atoms with E-state index in [0.717, 1.165) is 43.9 Å². The zero-order chi connectivity index (χ0) is 19.1. The van der Waals surface area contributed by atoms with Gasteiger partial charge in [0.15, 0.2) is 0 Å². The molecule has 1 aliphatic rings. The van der Waals surface area contributed by atoms with Gasteiger partial charge < -0.3 is 20.3 Å². The van der Waals surface area contributed by atoms with Gasteiger partial charge in [-0.15, -0.1) is 11.3 Å². The highest BCUT2D eigenvalue weighted by molar-refractivity contribution is 7.16. The number of anilines is 2. The maximum absolute atomic E-state index is 11.1. The summed E-state index contributed by atoms with van der Waals surface area (Å²) in [5, 5.41) is 13.6. The molecular weight excluding hydrogens is 374 g/mol. The Hall–Kier alpha value is -3.39. The number of carbonyl (C=O) groups is 1. The molecule has 0 fully saturated rings. The fraction of sp³-hybridized carbons (Fsp3) is 0.150. The van der Waals surface area contributed by atoms with E-state index in [4.69, 9.17) is 5.11 Å². The molecule has 3 N–H and O–H groups in total. The Morgan fingerprint density at radius 1 is 1.25 bits per heavy atom. The molecule has 0 atom stereocenters. The summed E-state index contributed by atoms with van der Waals surface area (Å²) in [5.41, 5.74) is 7.73. The van der Waals surface area contributed by atoms with Crippen LogP contribution >= 0.6 is 11.3 Å². The maximum Gasteiger partial charge on any atom is 0.407 e. The minimum absolute atomic E-state index is 0.410. The Kier molecular flexibility index (Phi) is 3.98. The van der Waals surface area contributed by atoms with E-state index in [0.29, 0.717) is 19.5 Å². The highest BCUT2D eigenvalue weighted by atomic mass is 32.1. The first-order chi connectivity index (χ1) is 13.7. The number of fused-ring (bicyclic) bond motifs is 2. The number of rotatable bonds is 3. The quantitative estimate of drug-likeness (QED) is 0.471. The van der Waals surface area contributed by atoms with Crippen molar-refractivity contribution in [3.05, 3.63) is 53.8 Å². The van der Waals surface area contributed by atoms with Gasteiger partial charge in [0.05, 0.1) is 21.4 Å². The van der Waals surface area contributed by atoms with Crippen molar-refractivity contribution in [2.75, 3.05) is 18.4 Å². The van der Waals surface area contributed by atoms with Crippen LogP contribution in [0.5, 0.6) is 0 Å². The minimum atomic E-state index is -0.877. The Balaban J connectivity index is 1.46. The van der Waals surface area contributed by atoms with E-state index in [1.54, 1.807) is 17.5 Å². The van der Waals surface area contributed by atoms with E-state index in [-0.39, 0.29) is 0 Å². The van der Waals surface area contributed by atoms with Crippen molar-refractivity contribution in [3.8, 4) is 0 Å². The molecule has 1 aromatic carbocycles. The number of nitrogens with zero attached hydrogens (tertiary/aromatic N) is 3. The number of pyridine rings is 1. The predicted molar refractivity (Wildman–Crippen MR) is 111 cm³/mol. The standard InChI is InChI=1S/C20H17N5O2S/c26-20(27)25-7-4-12(5-8-25)17-10-14-15(3-6-21-19(14)24-17)23-13-1-2-16-18(9-13)28-11-22-16/h1-4,6,9-11H,5,7-8H2,(H,26,27)(H2,21,23,24). The second-order valence-electron chi connectivity index (χ2n) is 6.67. The van der Waals surface area contributed by atoms with Crippen LogP contribution in [-0.2, 0) is 0 Å². The van der Waals surface area contributed by atoms with E-state index in [1.807, 2.05) is 29.8 Å². The lowest BCUT2D eigenvalue weighted by molar-refractivity contribution is 0.150. The molecule has 4 heterocycles. The molecule has 140 valence electrons. The summed E-state index contributed by atoms with van der Waals surface area (Å²) in [6, 6.07) is 10.2. The average molecular weight is 391 g/mol. The Labute approximate surface area is 164 Å². The maximum atomic E-state index is 11.1. The van der Waals surface area contributed by atoms with E-state index in [1.165, 1.54) is 4.90 Å². The zero-order valence-corrected chi connectivity index (χ0v) is 15.7. The number of carboxylic acid groups (broad SMARTS) is 1. The number of H-pyrrole nitrogens is 1. The highest BCUT2D eigenvalue weighted by Crippen LogP contribution is 2.31.